The van der Waals surface area contributed by atoms with E-state index in [2.05, 4.69) is 0 Å². The van der Waals surface area contributed by atoms with Crippen LogP contribution in [0.1, 0.15) is 11.1 Å². The number of benzene rings is 1. The Bertz CT molecular complexity index is 376. The first-order valence-electron chi connectivity index (χ1n) is 4.52. The van der Waals surface area contributed by atoms with Crippen LogP contribution in [0.2, 0.25) is 0 Å². The van der Waals surface area contributed by atoms with Crippen molar-refractivity contribution in [2.45, 2.75) is 19.4 Å². The van der Waals surface area contributed by atoms with Crippen molar-refractivity contribution in [3.8, 4) is 5.75 Å². The predicted octanol–water partition coefficient (Wildman–Crippen LogP) is 1.58. The standard InChI is InChI=1S/C10H11NO3/c1-7-2-3-10-8(4-7)5-9(6-14-10)11(12)13/h2-4,9H,5-6H2,1H3. The Hall–Kier alpha value is -1.58. The Labute approximate surface area is 81.7 Å². The molecule has 74 valence electrons. The summed E-state index contributed by atoms with van der Waals surface area (Å²) in [6, 6.07) is 5.18. The molecule has 4 heteroatoms. The highest BCUT2D eigenvalue weighted by molar-refractivity contribution is 5.38. The molecule has 0 aliphatic carbocycles. The summed E-state index contributed by atoms with van der Waals surface area (Å²) in [5, 5.41) is 10.6. The molecule has 1 aliphatic heterocycles. The lowest BCUT2D eigenvalue weighted by Gasteiger charge is -2.20. The number of hydrogen-bond donors (Lipinski definition) is 0. The van der Waals surface area contributed by atoms with E-state index in [9.17, 15) is 10.1 Å². The summed E-state index contributed by atoms with van der Waals surface area (Å²) in [6.45, 7) is 2.15. The van der Waals surface area contributed by atoms with Crippen molar-refractivity contribution in [2.75, 3.05) is 6.61 Å². The summed E-state index contributed by atoms with van der Waals surface area (Å²) >= 11 is 0. The molecule has 0 amide bonds. The van der Waals surface area contributed by atoms with E-state index in [0.717, 1.165) is 16.9 Å². The Morgan fingerprint density at radius 3 is 3.07 bits per heavy atom. The smallest absolute Gasteiger partial charge is 0.250 e. The van der Waals surface area contributed by atoms with Gasteiger partial charge in [-0.1, -0.05) is 17.7 Å². The van der Waals surface area contributed by atoms with Crippen LogP contribution in [-0.4, -0.2) is 17.6 Å². The summed E-state index contributed by atoms with van der Waals surface area (Å²) < 4.78 is 5.31. The predicted molar refractivity (Wildman–Crippen MR) is 51.2 cm³/mol. The van der Waals surface area contributed by atoms with Crippen LogP contribution < -0.4 is 4.74 Å². The van der Waals surface area contributed by atoms with Gasteiger partial charge in [0.2, 0.25) is 0 Å². The molecule has 1 atom stereocenters. The average molecular weight is 193 g/mol. The molecule has 0 bridgehead atoms. The van der Waals surface area contributed by atoms with Crippen molar-refractivity contribution >= 4 is 0 Å². The normalized spacial score (nSPS) is 19.6. The highest BCUT2D eigenvalue weighted by Crippen LogP contribution is 2.26. The topological polar surface area (TPSA) is 52.4 Å². The van der Waals surface area contributed by atoms with Gasteiger partial charge in [-0.3, -0.25) is 10.1 Å². The zero-order valence-electron chi connectivity index (χ0n) is 7.90. The lowest BCUT2D eigenvalue weighted by Crippen LogP contribution is -2.33. The number of fused-ring (bicyclic) bond motifs is 1. The third kappa shape index (κ3) is 1.55. The van der Waals surface area contributed by atoms with E-state index < -0.39 is 6.04 Å². The number of nitrogens with zero attached hydrogens (tertiary/aromatic N) is 1. The Kier molecular flexibility index (Phi) is 2.11. The molecule has 0 aromatic heterocycles. The van der Waals surface area contributed by atoms with Gasteiger partial charge in [-0.2, -0.15) is 0 Å². The number of ether oxygens (including phenoxy) is 1. The minimum atomic E-state index is -0.593. The van der Waals surface area contributed by atoms with Crippen LogP contribution in [0.15, 0.2) is 18.2 Å². The third-order valence-corrected chi connectivity index (χ3v) is 2.40. The third-order valence-electron chi connectivity index (χ3n) is 2.40. The molecule has 1 aromatic carbocycles. The largest absolute Gasteiger partial charge is 0.486 e. The molecule has 1 aromatic rings. The molecule has 2 rings (SSSR count). The lowest BCUT2D eigenvalue weighted by atomic mass is 10.0. The molecular formula is C10H11NO3. The molecule has 0 saturated heterocycles. The van der Waals surface area contributed by atoms with Crippen LogP contribution in [0.5, 0.6) is 5.75 Å². The second-order valence-corrected chi connectivity index (χ2v) is 3.57. The molecule has 1 unspecified atom stereocenters. The van der Waals surface area contributed by atoms with Gasteiger partial charge < -0.3 is 4.74 Å². The Morgan fingerprint density at radius 2 is 2.36 bits per heavy atom. The molecule has 1 heterocycles. The molecule has 0 saturated carbocycles. The minimum absolute atomic E-state index is 0.184. The highest BCUT2D eigenvalue weighted by atomic mass is 16.6. The first kappa shape index (κ1) is 8.99. The number of aryl methyl sites for hydroxylation is 1. The fraction of sp³-hybridized carbons (Fsp3) is 0.400. The van der Waals surface area contributed by atoms with E-state index in [1.54, 1.807) is 0 Å². The fourth-order valence-corrected chi connectivity index (χ4v) is 1.64. The van der Waals surface area contributed by atoms with Gasteiger partial charge in [-0.05, 0) is 13.0 Å². The second kappa shape index (κ2) is 3.29. The molecule has 1 aliphatic rings. The number of nitro groups is 1. The maximum Gasteiger partial charge on any atom is 0.250 e. The van der Waals surface area contributed by atoms with Crippen LogP contribution in [0.3, 0.4) is 0 Å². The second-order valence-electron chi connectivity index (χ2n) is 3.57. The van der Waals surface area contributed by atoms with E-state index in [0.29, 0.717) is 6.42 Å². The van der Waals surface area contributed by atoms with E-state index in [1.165, 1.54) is 0 Å². The Balaban J connectivity index is 2.29. The van der Waals surface area contributed by atoms with Crippen LogP contribution >= 0.6 is 0 Å². The van der Waals surface area contributed by atoms with Gasteiger partial charge in [0, 0.05) is 16.9 Å². The van der Waals surface area contributed by atoms with Crippen molar-refractivity contribution in [1.82, 2.24) is 0 Å². The van der Waals surface area contributed by atoms with Gasteiger partial charge in [-0.25, -0.2) is 0 Å². The van der Waals surface area contributed by atoms with Gasteiger partial charge in [0.15, 0.2) is 6.61 Å². The molecule has 0 spiro atoms. The van der Waals surface area contributed by atoms with Gasteiger partial charge >= 0.3 is 0 Å². The van der Waals surface area contributed by atoms with E-state index in [1.807, 2.05) is 25.1 Å². The molecule has 0 N–H and O–H groups in total. The van der Waals surface area contributed by atoms with Gasteiger partial charge in [-0.15, -0.1) is 0 Å². The molecule has 14 heavy (non-hydrogen) atoms. The maximum absolute atomic E-state index is 10.6. The summed E-state index contributed by atoms with van der Waals surface area (Å²) in [5.41, 5.74) is 2.05. The molecular weight excluding hydrogens is 182 g/mol. The average Bonchev–Trinajstić information content (AvgIpc) is 2.16. The van der Waals surface area contributed by atoms with E-state index in [4.69, 9.17) is 4.74 Å². The van der Waals surface area contributed by atoms with Crippen molar-refractivity contribution in [3.05, 3.63) is 39.4 Å². The number of hydrogen-bond acceptors (Lipinski definition) is 3. The van der Waals surface area contributed by atoms with Gasteiger partial charge in [0.25, 0.3) is 6.04 Å². The van der Waals surface area contributed by atoms with Crippen LogP contribution in [0.4, 0.5) is 0 Å². The monoisotopic (exact) mass is 193 g/mol. The zero-order valence-corrected chi connectivity index (χ0v) is 7.90. The quantitative estimate of drug-likeness (QED) is 0.502. The van der Waals surface area contributed by atoms with Crippen LogP contribution in [0, 0.1) is 17.0 Å². The summed E-state index contributed by atoms with van der Waals surface area (Å²) in [7, 11) is 0. The van der Waals surface area contributed by atoms with E-state index >= 15 is 0 Å². The summed E-state index contributed by atoms with van der Waals surface area (Å²) in [5.74, 6) is 0.786. The molecule has 0 radical (unpaired) electrons. The number of rotatable bonds is 1. The van der Waals surface area contributed by atoms with Crippen molar-refractivity contribution < 1.29 is 9.66 Å². The summed E-state index contributed by atoms with van der Waals surface area (Å²) in [4.78, 5) is 10.3. The van der Waals surface area contributed by atoms with Crippen LogP contribution in [-0.2, 0) is 6.42 Å². The molecule has 0 fully saturated rings. The summed E-state index contributed by atoms with van der Waals surface area (Å²) in [6.07, 6.45) is 0.476. The van der Waals surface area contributed by atoms with Crippen LogP contribution in [0.25, 0.3) is 0 Å². The van der Waals surface area contributed by atoms with E-state index in [-0.39, 0.29) is 11.5 Å². The fourth-order valence-electron chi connectivity index (χ4n) is 1.64. The highest BCUT2D eigenvalue weighted by Gasteiger charge is 2.27. The van der Waals surface area contributed by atoms with Gasteiger partial charge in [0.1, 0.15) is 5.75 Å². The van der Waals surface area contributed by atoms with Crippen molar-refractivity contribution in [1.29, 1.82) is 0 Å². The lowest BCUT2D eigenvalue weighted by molar-refractivity contribution is -0.525. The molecule has 4 nitrogen and oxygen atoms in total. The van der Waals surface area contributed by atoms with Crippen molar-refractivity contribution in [2.24, 2.45) is 0 Å². The SMILES string of the molecule is Cc1ccc2c(c1)CC([N+](=O)[O-])CO2. The zero-order chi connectivity index (χ0) is 10.1. The minimum Gasteiger partial charge on any atom is -0.486 e. The van der Waals surface area contributed by atoms with Crippen molar-refractivity contribution in [3.63, 3.8) is 0 Å². The van der Waals surface area contributed by atoms with Gasteiger partial charge in [0.05, 0.1) is 0 Å². The first-order chi connectivity index (χ1) is 6.66. The maximum atomic E-state index is 10.6. The first-order valence-corrected chi connectivity index (χ1v) is 4.52. The Morgan fingerprint density at radius 1 is 1.57 bits per heavy atom.